The van der Waals surface area contributed by atoms with Gasteiger partial charge in [-0.1, -0.05) is 36.4 Å². The maximum absolute atomic E-state index is 12.8. The third-order valence-corrected chi connectivity index (χ3v) is 5.25. The van der Waals surface area contributed by atoms with E-state index in [4.69, 9.17) is 4.74 Å². The number of rotatable bonds is 9. The minimum absolute atomic E-state index is 0.151. The third-order valence-electron chi connectivity index (χ3n) is 4.39. The first-order valence-electron chi connectivity index (χ1n) is 9.62. The largest absolute Gasteiger partial charge is 0.497 e. The van der Waals surface area contributed by atoms with Gasteiger partial charge in [0, 0.05) is 12.2 Å². The van der Waals surface area contributed by atoms with Crippen molar-refractivity contribution in [3.8, 4) is 5.75 Å². The molecule has 0 radical (unpaired) electrons. The van der Waals surface area contributed by atoms with Gasteiger partial charge in [-0.05, 0) is 41.3 Å². The molecule has 31 heavy (non-hydrogen) atoms. The second kappa shape index (κ2) is 10.9. The summed E-state index contributed by atoms with van der Waals surface area (Å²) in [6.07, 6.45) is 0. The Morgan fingerprint density at radius 1 is 0.935 bits per heavy atom. The first-order valence-corrected chi connectivity index (χ1v) is 10.5. The van der Waals surface area contributed by atoms with Gasteiger partial charge in [0.2, 0.25) is 11.8 Å². The van der Waals surface area contributed by atoms with Crippen molar-refractivity contribution in [1.82, 2.24) is 10.2 Å². The molecule has 0 aliphatic rings. The first-order chi connectivity index (χ1) is 15.0. The van der Waals surface area contributed by atoms with Gasteiger partial charge < -0.3 is 20.3 Å². The fourth-order valence-electron chi connectivity index (χ4n) is 2.85. The molecule has 3 aromatic rings. The second-order valence-corrected chi connectivity index (χ2v) is 7.63. The SMILES string of the molecule is COc1ccc(NC(=O)CNC(=O)CN(Cc2ccccc2)C(=O)c2cccs2)cc1. The molecule has 2 aromatic carbocycles. The molecule has 7 nitrogen and oxygen atoms in total. The molecule has 0 bridgehead atoms. The van der Waals surface area contributed by atoms with E-state index in [1.165, 1.54) is 16.2 Å². The van der Waals surface area contributed by atoms with Crippen molar-refractivity contribution >= 4 is 34.7 Å². The summed E-state index contributed by atoms with van der Waals surface area (Å²) in [5.41, 5.74) is 1.51. The van der Waals surface area contributed by atoms with Crippen LogP contribution in [-0.4, -0.2) is 42.8 Å². The van der Waals surface area contributed by atoms with Gasteiger partial charge in [-0.25, -0.2) is 0 Å². The van der Waals surface area contributed by atoms with Crippen LogP contribution in [0.3, 0.4) is 0 Å². The van der Waals surface area contributed by atoms with E-state index in [9.17, 15) is 14.4 Å². The fraction of sp³-hybridized carbons (Fsp3) is 0.174. The summed E-state index contributed by atoms with van der Waals surface area (Å²) < 4.78 is 5.08. The highest BCUT2D eigenvalue weighted by molar-refractivity contribution is 7.12. The Morgan fingerprint density at radius 3 is 2.32 bits per heavy atom. The molecule has 2 N–H and O–H groups in total. The number of anilines is 1. The van der Waals surface area contributed by atoms with Crippen molar-refractivity contribution in [1.29, 1.82) is 0 Å². The number of ether oxygens (including phenoxy) is 1. The zero-order valence-corrected chi connectivity index (χ0v) is 17.9. The summed E-state index contributed by atoms with van der Waals surface area (Å²) in [7, 11) is 1.56. The molecule has 3 amide bonds. The maximum Gasteiger partial charge on any atom is 0.264 e. The molecule has 1 aromatic heterocycles. The Balaban J connectivity index is 1.56. The van der Waals surface area contributed by atoms with Gasteiger partial charge in [-0.3, -0.25) is 14.4 Å². The molecular formula is C23H23N3O4S. The summed E-state index contributed by atoms with van der Waals surface area (Å²) in [4.78, 5) is 39.5. The summed E-state index contributed by atoms with van der Waals surface area (Å²) in [6, 6.07) is 19.8. The Bertz CT molecular complexity index is 1010. The average molecular weight is 438 g/mol. The van der Waals surface area contributed by atoms with Gasteiger partial charge in [0.15, 0.2) is 0 Å². The van der Waals surface area contributed by atoms with E-state index in [1.54, 1.807) is 43.5 Å². The quantitative estimate of drug-likeness (QED) is 0.538. The van der Waals surface area contributed by atoms with E-state index >= 15 is 0 Å². The molecule has 0 aliphatic carbocycles. The molecule has 0 unspecified atom stereocenters. The summed E-state index contributed by atoms with van der Waals surface area (Å²) in [5, 5.41) is 7.09. The molecular weight excluding hydrogens is 414 g/mol. The van der Waals surface area contributed by atoms with Crippen molar-refractivity contribution in [2.75, 3.05) is 25.5 Å². The van der Waals surface area contributed by atoms with Crippen LogP contribution in [0, 0.1) is 0 Å². The minimum atomic E-state index is -0.411. The van der Waals surface area contributed by atoms with Crippen LogP contribution in [0.4, 0.5) is 5.69 Å². The van der Waals surface area contributed by atoms with E-state index in [-0.39, 0.29) is 24.9 Å². The van der Waals surface area contributed by atoms with Gasteiger partial charge >= 0.3 is 0 Å². The molecule has 0 saturated heterocycles. The van der Waals surface area contributed by atoms with Gasteiger partial charge in [0.05, 0.1) is 18.5 Å². The van der Waals surface area contributed by atoms with Crippen LogP contribution in [0.15, 0.2) is 72.1 Å². The highest BCUT2D eigenvalue weighted by Gasteiger charge is 2.20. The van der Waals surface area contributed by atoms with Gasteiger partial charge in [0.1, 0.15) is 12.3 Å². The lowest BCUT2D eigenvalue weighted by Gasteiger charge is -2.22. The smallest absolute Gasteiger partial charge is 0.264 e. The predicted molar refractivity (Wildman–Crippen MR) is 120 cm³/mol. The lowest BCUT2D eigenvalue weighted by Crippen LogP contribution is -2.42. The molecule has 0 spiro atoms. The summed E-state index contributed by atoms with van der Waals surface area (Å²) in [5.74, 6) is -0.319. The Labute approximate surface area is 184 Å². The van der Waals surface area contributed by atoms with Gasteiger partial charge in [-0.15, -0.1) is 11.3 Å². The number of amides is 3. The van der Waals surface area contributed by atoms with Crippen molar-refractivity contribution in [3.05, 3.63) is 82.6 Å². The Morgan fingerprint density at radius 2 is 1.68 bits per heavy atom. The number of methoxy groups -OCH3 is 1. The lowest BCUT2D eigenvalue weighted by molar-refractivity contribution is -0.124. The molecule has 160 valence electrons. The average Bonchev–Trinajstić information content (AvgIpc) is 3.33. The number of carbonyl (C=O) groups is 3. The van der Waals surface area contributed by atoms with Gasteiger partial charge in [0.25, 0.3) is 5.91 Å². The molecule has 0 aliphatic heterocycles. The molecule has 3 rings (SSSR count). The van der Waals surface area contributed by atoms with Crippen LogP contribution in [0.1, 0.15) is 15.2 Å². The van der Waals surface area contributed by atoms with E-state index < -0.39 is 5.91 Å². The number of nitrogens with one attached hydrogen (secondary N) is 2. The molecule has 1 heterocycles. The van der Waals surface area contributed by atoms with Crippen molar-refractivity contribution in [3.63, 3.8) is 0 Å². The lowest BCUT2D eigenvalue weighted by atomic mass is 10.2. The van der Waals surface area contributed by atoms with Crippen LogP contribution in [-0.2, 0) is 16.1 Å². The highest BCUT2D eigenvalue weighted by Crippen LogP contribution is 2.15. The zero-order chi connectivity index (χ0) is 22.1. The zero-order valence-electron chi connectivity index (χ0n) is 17.0. The van der Waals surface area contributed by atoms with Crippen molar-refractivity contribution in [2.45, 2.75) is 6.54 Å². The third kappa shape index (κ3) is 6.68. The topological polar surface area (TPSA) is 87.7 Å². The molecule has 0 fully saturated rings. The van der Waals surface area contributed by atoms with Crippen LogP contribution in [0.5, 0.6) is 5.75 Å². The number of benzene rings is 2. The number of nitrogens with zero attached hydrogens (tertiary/aromatic N) is 1. The standard InChI is InChI=1S/C23H23N3O4S/c1-30-19-11-9-18(10-12-19)25-21(27)14-24-22(28)16-26(15-17-6-3-2-4-7-17)23(29)20-8-5-13-31-20/h2-13H,14-16H2,1H3,(H,24,28)(H,25,27). The van der Waals surface area contributed by atoms with E-state index in [0.717, 1.165) is 5.56 Å². The fourth-order valence-corrected chi connectivity index (χ4v) is 3.54. The maximum atomic E-state index is 12.8. The second-order valence-electron chi connectivity index (χ2n) is 6.68. The minimum Gasteiger partial charge on any atom is -0.497 e. The molecule has 0 atom stereocenters. The normalized spacial score (nSPS) is 10.2. The van der Waals surface area contributed by atoms with Crippen LogP contribution in [0.25, 0.3) is 0 Å². The summed E-state index contributed by atoms with van der Waals surface area (Å²) >= 11 is 1.32. The number of thiophene rings is 1. The van der Waals surface area contributed by atoms with E-state index in [2.05, 4.69) is 10.6 Å². The monoisotopic (exact) mass is 437 g/mol. The van der Waals surface area contributed by atoms with Crippen molar-refractivity contribution < 1.29 is 19.1 Å². The number of carbonyl (C=O) groups excluding carboxylic acids is 3. The van der Waals surface area contributed by atoms with Crippen molar-refractivity contribution in [2.24, 2.45) is 0 Å². The predicted octanol–water partition coefficient (Wildman–Crippen LogP) is 3.15. The van der Waals surface area contributed by atoms with E-state index in [0.29, 0.717) is 22.9 Å². The Hall–Kier alpha value is -3.65. The first kappa shape index (κ1) is 22.0. The molecule has 0 saturated carbocycles. The summed E-state index contributed by atoms with van der Waals surface area (Å²) in [6.45, 7) is -0.0539. The van der Waals surface area contributed by atoms with Crippen LogP contribution in [0.2, 0.25) is 0 Å². The van der Waals surface area contributed by atoms with E-state index in [1.807, 2.05) is 35.7 Å². The Kier molecular flexibility index (Phi) is 7.78. The van der Waals surface area contributed by atoms with Crippen LogP contribution < -0.4 is 15.4 Å². The van der Waals surface area contributed by atoms with Gasteiger partial charge in [-0.2, -0.15) is 0 Å². The highest BCUT2D eigenvalue weighted by atomic mass is 32.1. The molecule has 8 heteroatoms. The number of hydrogen-bond acceptors (Lipinski definition) is 5. The van der Waals surface area contributed by atoms with Crippen LogP contribution >= 0.6 is 11.3 Å². The number of hydrogen-bond donors (Lipinski definition) is 2.